The van der Waals surface area contributed by atoms with Crippen LogP contribution in [0.3, 0.4) is 0 Å². The van der Waals surface area contributed by atoms with Crippen molar-refractivity contribution in [2.24, 2.45) is 7.05 Å². The van der Waals surface area contributed by atoms with Crippen molar-refractivity contribution in [2.45, 2.75) is 0 Å². The Labute approximate surface area is 78.0 Å². The lowest BCUT2D eigenvalue weighted by Gasteiger charge is -1.91. The van der Waals surface area contributed by atoms with Gasteiger partial charge in [-0.3, -0.25) is 0 Å². The first-order valence-electron chi connectivity index (χ1n) is 3.71. The van der Waals surface area contributed by atoms with Gasteiger partial charge < -0.3 is 9.52 Å². The van der Waals surface area contributed by atoms with Gasteiger partial charge in [-0.15, -0.1) is 5.10 Å². The average molecular weight is 194 g/mol. The third-order valence-electron chi connectivity index (χ3n) is 1.62. The fourth-order valence-electron chi connectivity index (χ4n) is 1.02. The molecule has 0 amide bonds. The average Bonchev–Trinajstić information content (AvgIpc) is 2.71. The highest BCUT2D eigenvalue weighted by Crippen LogP contribution is 2.13. The molecule has 0 fully saturated rings. The van der Waals surface area contributed by atoms with E-state index in [2.05, 4.69) is 15.1 Å². The number of hydrogen-bond acceptors (Lipinski definition) is 5. The molecule has 0 aliphatic heterocycles. The Hall–Kier alpha value is -2.18. The number of oxazole rings is 1. The number of carboxylic acids is 1. The third kappa shape index (κ3) is 1.24. The van der Waals surface area contributed by atoms with E-state index in [0.717, 1.165) is 0 Å². The van der Waals surface area contributed by atoms with Crippen molar-refractivity contribution < 1.29 is 14.3 Å². The van der Waals surface area contributed by atoms with Crippen LogP contribution in [0.15, 0.2) is 17.1 Å². The first kappa shape index (κ1) is 8.42. The minimum atomic E-state index is -1.17. The van der Waals surface area contributed by atoms with Gasteiger partial charge in [0.2, 0.25) is 0 Å². The Morgan fingerprint density at radius 3 is 2.93 bits per heavy atom. The summed E-state index contributed by atoms with van der Waals surface area (Å²) < 4.78 is 6.09. The maximum absolute atomic E-state index is 10.6. The van der Waals surface area contributed by atoms with Crippen molar-refractivity contribution in [3.05, 3.63) is 18.5 Å². The van der Waals surface area contributed by atoms with Gasteiger partial charge in [0.15, 0.2) is 12.2 Å². The summed E-state index contributed by atoms with van der Waals surface area (Å²) in [6.45, 7) is 0. The first-order chi connectivity index (χ1) is 6.68. The highest BCUT2D eigenvalue weighted by molar-refractivity contribution is 5.83. The van der Waals surface area contributed by atoms with Gasteiger partial charge >= 0.3 is 5.97 Å². The second-order valence-corrected chi connectivity index (χ2v) is 2.56. The van der Waals surface area contributed by atoms with Crippen LogP contribution in [0.4, 0.5) is 0 Å². The van der Waals surface area contributed by atoms with E-state index in [1.807, 2.05) is 0 Å². The van der Waals surface area contributed by atoms with Gasteiger partial charge in [-0.1, -0.05) is 0 Å². The molecular formula is C7H6N4O3. The zero-order chi connectivity index (χ0) is 10.1. The van der Waals surface area contributed by atoms with E-state index in [1.165, 1.54) is 17.3 Å². The number of nitrogens with zero attached hydrogens (tertiary/aromatic N) is 4. The molecule has 2 aromatic rings. The van der Waals surface area contributed by atoms with Crippen molar-refractivity contribution in [3.8, 4) is 11.5 Å². The normalized spacial score (nSPS) is 10.4. The highest BCUT2D eigenvalue weighted by atomic mass is 16.4. The predicted octanol–water partition coefficient (Wildman–Crippen LogP) is 0.168. The van der Waals surface area contributed by atoms with E-state index in [0.29, 0.717) is 11.5 Å². The molecule has 7 heteroatoms. The molecule has 0 radical (unpaired) electrons. The van der Waals surface area contributed by atoms with Gasteiger partial charge in [-0.2, -0.15) is 4.98 Å². The molecule has 2 heterocycles. The van der Waals surface area contributed by atoms with E-state index < -0.39 is 5.97 Å². The molecule has 0 bridgehead atoms. The third-order valence-corrected chi connectivity index (χ3v) is 1.62. The zero-order valence-electron chi connectivity index (χ0n) is 7.21. The number of carboxylic acid groups (broad SMARTS) is 1. The van der Waals surface area contributed by atoms with Crippen molar-refractivity contribution in [2.75, 3.05) is 0 Å². The van der Waals surface area contributed by atoms with Crippen molar-refractivity contribution in [1.82, 2.24) is 19.7 Å². The fraction of sp³-hybridized carbons (Fsp3) is 0.143. The molecule has 0 aliphatic carbocycles. The Morgan fingerprint density at radius 2 is 2.43 bits per heavy atom. The van der Waals surface area contributed by atoms with Gasteiger partial charge in [0.1, 0.15) is 12.0 Å². The van der Waals surface area contributed by atoms with Crippen LogP contribution in [-0.2, 0) is 7.05 Å². The van der Waals surface area contributed by atoms with Gasteiger partial charge in [0.25, 0.3) is 5.82 Å². The summed E-state index contributed by atoms with van der Waals surface area (Å²) in [4.78, 5) is 18.2. The zero-order valence-corrected chi connectivity index (χ0v) is 7.21. The van der Waals surface area contributed by atoms with Crippen molar-refractivity contribution in [1.29, 1.82) is 0 Å². The van der Waals surface area contributed by atoms with E-state index in [-0.39, 0.29) is 5.82 Å². The van der Waals surface area contributed by atoms with Gasteiger partial charge in [0, 0.05) is 7.05 Å². The van der Waals surface area contributed by atoms with Crippen LogP contribution in [0.1, 0.15) is 10.6 Å². The monoisotopic (exact) mass is 194 g/mol. The summed E-state index contributed by atoms with van der Waals surface area (Å²) in [7, 11) is 1.59. The minimum absolute atomic E-state index is 0.259. The predicted molar refractivity (Wildman–Crippen MR) is 43.5 cm³/mol. The van der Waals surface area contributed by atoms with E-state index >= 15 is 0 Å². The van der Waals surface area contributed by atoms with Gasteiger partial charge in [-0.25, -0.2) is 14.5 Å². The Morgan fingerprint density at radius 1 is 1.64 bits per heavy atom. The Bertz CT molecular complexity index is 459. The lowest BCUT2D eigenvalue weighted by Crippen LogP contribution is -2.00. The summed E-state index contributed by atoms with van der Waals surface area (Å²) in [6.07, 6.45) is 2.61. The van der Waals surface area contributed by atoms with Crippen LogP contribution in [0.5, 0.6) is 0 Å². The number of hydrogen-bond donors (Lipinski definition) is 1. The molecule has 0 atom stereocenters. The summed E-state index contributed by atoms with van der Waals surface area (Å²) in [5.41, 5.74) is 0.451. The minimum Gasteiger partial charge on any atom is -0.475 e. The maximum Gasteiger partial charge on any atom is 0.375 e. The highest BCUT2D eigenvalue weighted by Gasteiger charge is 2.15. The molecule has 2 aromatic heterocycles. The molecule has 0 saturated heterocycles. The van der Waals surface area contributed by atoms with Crippen molar-refractivity contribution >= 4 is 5.97 Å². The van der Waals surface area contributed by atoms with Crippen LogP contribution >= 0.6 is 0 Å². The fourth-order valence-corrected chi connectivity index (χ4v) is 1.02. The van der Waals surface area contributed by atoms with Crippen molar-refractivity contribution in [3.63, 3.8) is 0 Å². The SMILES string of the molecule is Cn1nc(C(=O)O)nc1-c1cocn1. The van der Waals surface area contributed by atoms with Crippen LogP contribution in [-0.4, -0.2) is 30.8 Å². The Kier molecular flexibility index (Phi) is 1.77. The quantitative estimate of drug-likeness (QED) is 0.732. The van der Waals surface area contributed by atoms with Gasteiger partial charge in [-0.05, 0) is 0 Å². The maximum atomic E-state index is 10.6. The second kappa shape index (κ2) is 2.95. The molecule has 0 aliphatic rings. The summed E-state index contributed by atoms with van der Waals surface area (Å²) in [5, 5.41) is 12.3. The molecule has 7 nitrogen and oxygen atoms in total. The topological polar surface area (TPSA) is 94.0 Å². The number of aromatic nitrogens is 4. The molecule has 14 heavy (non-hydrogen) atoms. The van der Waals surface area contributed by atoms with Crippen LogP contribution in [0, 0.1) is 0 Å². The number of rotatable bonds is 2. The van der Waals surface area contributed by atoms with Crippen LogP contribution < -0.4 is 0 Å². The molecule has 0 saturated carbocycles. The van der Waals surface area contributed by atoms with E-state index in [4.69, 9.17) is 9.52 Å². The van der Waals surface area contributed by atoms with Crippen LogP contribution in [0.25, 0.3) is 11.5 Å². The smallest absolute Gasteiger partial charge is 0.375 e. The molecule has 2 rings (SSSR count). The summed E-state index contributed by atoms with van der Waals surface area (Å²) in [6, 6.07) is 0. The number of aryl methyl sites for hydroxylation is 1. The summed E-state index contributed by atoms with van der Waals surface area (Å²) >= 11 is 0. The number of carbonyl (C=O) groups is 1. The molecule has 72 valence electrons. The largest absolute Gasteiger partial charge is 0.475 e. The Balaban J connectivity index is 2.50. The van der Waals surface area contributed by atoms with Crippen LogP contribution in [0.2, 0.25) is 0 Å². The molecule has 0 unspecified atom stereocenters. The first-order valence-corrected chi connectivity index (χ1v) is 3.71. The summed E-state index contributed by atoms with van der Waals surface area (Å²) in [5.74, 6) is -1.07. The lowest BCUT2D eigenvalue weighted by molar-refractivity contribution is 0.0683. The molecule has 0 aromatic carbocycles. The molecule has 1 N–H and O–H groups in total. The molecule has 0 spiro atoms. The van der Waals surface area contributed by atoms with E-state index in [1.54, 1.807) is 7.05 Å². The standard InChI is InChI=1S/C7H6N4O3/c1-11-6(4-2-14-3-8-4)9-5(10-11)7(12)13/h2-3H,1H3,(H,12,13). The van der Waals surface area contributed by atoms with Gasteiger partial charge in [0.05, 0.1) is 0 Å². The number of aromatic carboxylic acids is 1. The van der Waals surface area contributed by atoms with E-state index in [9.17, 15) is 4.79 Å². The lowest BCUT2D eigenvalue weighted by atomic mass is 10.4. The second-order valence-electron chi connectivity index (χ2n) is 2.56. The molecular weight excluding hydrogens is 188 g/mol.